The fourth-order valence-corrected chi connectivity index (χ4v) is 3.72. The quantitative estimate of drug-likeness (QED) is 0.751. The average Bonchev–Trinajstić information content (AvgIpc) is 3.11. The maximum Gasteiger partial charge on any atom is 0.227 e. The number of carbonyl (C=O) groups is 2. The minimum atomic E-state index is -0.285. The molecule has 2 aromatic carbocycles. The molecule has 28 heavy (non-hydrogen) atoms. The van der Waals surface area contributed by atoms with Crippen LogP contribution in [0.3, 0.4) is 0 Å². The second kappa shape index (κ2) is 9.13. The second-order valence-corrected chi connectivity index (χ2v) is 7.57. The molecule has 1 aliphatic rings. The van der Waals surface area contributed by atoms with Crippen LogP contribution in [0.25, 0.3) is 0 Å². The third-order valence-electron chi connectivity index (χ3n) is 5.41. The fourth-order valence-electron chi connectivity index (χ4n) is 3.72. The molecule has 1 fully saturated rings. The molecule has 1 N–H and O–H groups in total. The Morgan fingerprint density at radius 3 is 2.57 bits per heavy atom. The zero-order valence-corrected chi connectivity index (χ0v) is 16.5. The van der Waals surface area contributed by atoms with E-state index in [9.17, 15) is 14.7 Å². The van der Waals surface area contributed by atoms with Crippen molar-refractivity contribution in [3.8, 4) is 0 Å². The van der Waals surface area contributed by atoms with Crippen LogP contribution in [0, 0.1) is 0 Å². The van der Waals surface area contributed by atoms with Crippen molar-refractivity contribution >= 4 is 11.7 Å². The summed E-state index contributed by atoms with van der Waals surface area (Å²) in [6, 6.07) is 17.2. The van der Waals surface area contributed by atoms with Gasteiger partial charge in [0.2, 0.25) is 5.91 Å². The third-order valence-corrected chi connectivity index (χ3v) is 5.41. The molecule has 1 heterocycles. The summed E-state index contributed by atoms with van der Waals surface area (Å²) in [5.41, 5.74) is 2.55. The van der Waals surface area contributed by atoms with Crippen molar-refractivity contribution in [2.75, 3.05) is 26.7 Å². The molecule has 1 saturated heterocycles. The molecule has 0 saturated carbocycles. The standard InChI is InChI=1S/C23H28N2O3/c1-17(26)20-10-6-7-18(13-20)14-23(28)24(2)22(19-8-4-3-5-9-19)16-25-12-11-21(27)15-25/h3-10,13,21-22,27H,11-12,14-16H2,1-2H3. The number of rotatable bonds is 7. The number of nitrogens with zero attached hydrogens (tertiary/aromatic N) is 2. The van der Waals surface area contributed by atoms with Gasteiger partial charge < -0.3 is 10.0 Å². The van der Waals surface area contributed by atoms with Gasteiger partial charge in [-0.05, 0) is 30.5 Å². The lowest BCUT2D eigenvalue weighted by atomic mass is 10.0. The fraction of sp³-hybridized carbons (Fsp3) is 0.391. The van der Waals surface area contributed by atoms with Gasteiger partial charge in [0.05, 0.1) is 18.6 Å². The van der Waals surface area contributed by atoms with Crippen molar-refractivity contribution < 1.29 is 14.7 Å². The van der Waals surface area contributed by atoms with Crippen molar-refractivity contribution in [2.45, 2.75) is 31.9 Å². The molecule has 5 nitrogen and oxygen atoms in total. The zero-order valence-electron chi connectivity index (χ0n) is 16.5. The molecule has 2 aromatic rings. The van der Waals surface area contributed by atoms with Crippen LogP contribution in [0.5, 0.6) is 0 Å². The lowest BCUT2D eigenvalue weighted by molar-refractivity contribution is -0.131. The number of likely N-dealkylation sites (tertiary alicyclic amines) is 1. The highest BCUT2D eigenvalue weighted by atomic mass is 16.3. The van der Waals surface area contributed by atoms with E-state index < -0.39 is 0 Å². The summed E-state index contributed by atoms with van der Waals surface area (Å²) >= 11 is 0. The van der Waals surface area contributed by atoms with E-state index >= 15 is 0 Å². The van der Waals surface area contributed by atoms with Gasteiger partial charge in [-0.15, -0.1) is 0 Å². The van der Waals surface area contributed by atoms with E-state index in [4.69, 9.17) is 0 Å². The summed E-state index contributed by atoms with van der Waals surface area (Å²) in [7, 11) is 1.83. The van der Waals surface area contributed by atoms with Gasteiger partial charge in [0.1, 0.15) is 0 Å². The Kier molecular flexibility index (Phi) is 6.60. The van der Waals surface area contributed by atoms with Crippen LogP contribution in [-0.4, -0.2) is 59.4 Å². The maximum atomic E-state index is 13.0. The molecule has 0 spiro atoms. The van der Waals surface area contributed by atoms with Crippen molar-refractivity contribution in [3.05, 3.63) is 71.3 Å². The van der Waals surface area contributed by atoms with Gasteiger partial charge in [-0.1, -0.05) is 48.5 Å². The van der Waals surface area contributed by atoms with Gasteiger partial charge in [-0.2, -0.15) is 0 Å². The van der Waals surface area contributed by atoms with Crippen molar-refractivity contribution in [1.29, 1.82) is 0 Å². The number of carbonyl (C=O) groups excluding carboxylic acids is 2. The molecule has 5 heteroatoms. The number of β-amino-alcohol motifs (C(OH)–C–C–N with tert-alkyl or cyclic N) is 1. The normalized spacial score (nSPS) is 18.0. The number of hydrogen-bond acceptors (Lipinski definition) is 4. The molecule has 2 atom stereocenters. The molecule has 2 unspecified atom stereocenters. The van der Waals surface area contributed by atoms with Gasteiger partial charge in [0.15, 0.2) is 5.78 Å². The van der Waals surface area contributed by atoms with E-state index in [0.29, 0.717) is 18.7 Å². The predicted molar refractivity (Wildman–Crippen MR) is 109 cm³/mol. The van der Waals surface area contributed by atoms with Crippen LogP contribution in [0.4, 0.5) is 0 Å². The Balaban J connectivity index is 1.76. The number of likely N-dealkylation sites (N-methyl/N-ethyl adjacent to an activating group) is 1. The molecule has 0 aliphatic carbocycles. The molecule has 0 bridgehead atoms. The van der Waals surface area contributed by atoms with Crippen LogP contribution in [0.2, 0.25) is 0 Å². The number of hydrogen-bond donors (Lipinski definition) is 1. The Hall–Kier alpha value is -2.50. The van der Waals surface area contributed by atoms with Crippen molar-refractivity contribution in [3.63, 3.8) is 0 Å². The molecule has 1 aliphatic heterocycles. The average molecular weight is 380 g/mol. The lowest BCUT2D eigenvalue weighted by Crippen LogP contribution is -2.39. The maximum absolute atomic E-state index is 13.0. The number of aliphatic hydroxyl groups excluding tert-OH is 1. The summed E-state index contributed by atoms with van der Waals surface area (Å²) in [6.07, 6.45) is 0.743. The molecule has 0 aromatic heterocycles. The number of aliphatic hydroxyl groups is 1. The van der Waals surface area contributed by atoms with Crippen LogP contribution in [-0.2, 0) is 11.2 Å². The second-order valence-electron chi connectivity index (χ2n) is 7.57. The SMILES string of the molecule is CC(=O)c1cccc(CC(=O)N(C)C(CN2CCC(O)C2)c2ccccc2)c1. The molecule has 148 valence electrons. The van der Waals surface area contributed by atoms with Gasteiger partial charge in [0.25, 0.3) is 0 Å². The van der Waals surface area contributed by atoms with Crippen molar-refractivity contribution in [1.82, 2.24) is 9.80 Å². The predicted octanol–water partition coefficient (Wildman–Crippen LogP) is 2.70. The number of Topliss-reactive ketones (excluding diaryl/α,β-unsaturated/α-hetero) is 1. The van der Waals surface area contributed by atoms with E-state index in [1.165, 1.54) is 6.92 Å². The van der Waals surface area contributed by atoms with Crippen molar-refractivity contribution in [2.24, 2.45) is 0 Å². The smallest absolute Gasteiger partial charge is 0.227 e. The molecular formula is C23H28N2O3. The monoisotopic (exact) mass is 380 g/mol. The first-order valence-electron chi connectivity index (χ1n) is 9.75. The first-order valence-corrected chi connectivity index (χ1v) is 9.75. The van der Waals surface area contributed by atoms with Crippen LogP contribution in [0.1, 0.15) is 40.9 Å². The van der Waals surface area contributed by atoms with Gasteiger partial charge in [-0.3, -0.25) is 14.5 Å². The highest BCUT2D eigenvalue weighted by Gasteiger charge is 2.28. The van der Waals surface area contributed by atoms with Gasteiger partial charge in [-0.25, -0.2) is 0 Å². The van der Waals surface area contributed by atoms with E-state index in [2.05, 4.69) is 4.90 Å². The Morgan fingerprint density at radius 1 is 1.18 bits per heavy atom. The Morgan fingerprint density at radius 2 is 1.93 bits per heavy atom. The van der Waals surface area contributed by atoms with E-state index in [1.54, 1.807) is 17.0 Å². The first-order chi connectivity index (χ1) is 13.4. The van der Waals surface area contributed by atoms with E-state index in [1.807, 2.05) is 49.5 Å². The third kappa shape index (κ3) is 5.06. The molecule has 1 amide bonds. The summed E-state index contributed by atoms with van der Waals surface area (Å²) in [5.74, 6) is 0.00621. The molecule has 3 rings (SSSR count). The zero-order chi connectivity index (χ0) is 20.1. The van der Waals surface area contributed by atoms with Gasteiger partial charge >= 0.3 is 0 Å². The lowest BCUT2D eigenvalue weighted by Gasteiger charge is -2.32. The summed E-state index contributed by atoms with van der Waals surface area (Å²) < 4.78 is 0. The number of amides is 1. The highest BCUT2D eigenvalue weighted by molar-refractivity contribution is 5.94. The minimum Gasteiger partial charge on any atom is -0.392 e. The Bertz CT molecular complexity index is 822. The van der Waals surface area contributed by atoms with E-state index in [0.717, 1.165) is 24.1 Å². The number of benzene rings is 2. The largest absolute Gasteiger partial charge is 0.392 e. The summed E-state index contributed by atoms with van der Waals surface area (Å²) in [4.78, 5) is 28.6. The minimum absolute atomic E-state index is 0.00240. The van der Waals surface area contributed by atoms with E-state index in [-0.39, 0.29) is 30.3 Å². The summed E-state index contributed by atoms with van der Waals surface area (Å²) in [5, 5.41) is 9.85. The Labute approximate surface area is 166 Å². The van der Waals surface area contributed by atoms with Crippen LogP contribution < -0.4 is 0 Å². The topological polar surface area (TPSA) is 60.9 Å². The number of ketones is 1. The molecule has 0 radical (unpaired) electrons. The molecular weight excluding hydrogens is 352 g/mol. The van der Waals surface area contributed by atoms with Crippen LogP contribution in [0.15, 0.2) is 54.6 Å². The first kappa shape index (κ1) is 20.2. The highest BCUT2D eigenvalue weighted by Crippen LogP contribution is 2.24. The van der Waals surface area contributed by atoms with Crippen LogP contribution >= 0.6 is 0 Å². The summed E-state index contributed by atoms with van der Waals surface area (Å²) in [6.45, 7) is 3.71. The van der Waals surface area contributed by atoms with Gasteiger partial charge in [0, 0.05) is 32.2 Å².